The Morgan fingerprint density at radius 3 is 2.71 bits per heavy atom. The van der Waals surface area contributed by atoms with Gasteiger partial charge >= 0.3 is 6.36 Å². The van der Waals surface area contributed by atoms with Crippen LogP contribution in [0.3, 0.4) is 0 Å². The van der Waals surface area contributed by atoms with Crippen molar-refractivity contribution in [1.82, 2.24) is 9.97 Å². The Morgan fingerprint density at radius 2 is 2.00 bits per heavy atom. The Kier molecular flexibility index (Phi) is 4.97. The minimum atomic E-state index is -4.67. The van der Waals surface area contributed by atoms with Crippen molar-refractivity contribution in [2.75, 3.05) is 6.61 Å². The summed E-state index contributed by atoms with van der Waals surface area (Å²) < 4.78 is 45.6. The monoisotopic (exact) mass is 298 g/mol. The van der Waals surface area contributed by atoms with Gasteiger partial charge in [0.25, 0.3) is 0 Å². The number of alkyl halides is 3. The van der Waals surface area contributed by atoms with Crippen molar-refractivity contribution in [2.24, 2.45) is 0 Å². The molecule has 1 aromatic carbocycles. The van der Waals surface area contributed by atoms with Crippen molar-refractivity contribution in [2.45, 2.75) is 19.2 Å². The fourth-order valence-electron chi connectivity index (χ4n) is 1.71. The van der Waals surface area contributed by atoms with Crippen molar-refractivity contribution in [3.8, 4) is 11.6 Å². The molecule has 0 aliphatic rings. The van der Waals surface area contributed by atoms with E-state index < -0.39 is 6.36 Å². The second-order valence-electron chi connectivity index (χ2n) is 4.19. The van der Waals surface area contributed by atoms with E-state index in [2.05, 4.69) is 14.7 Å². The van der Waals surface area contributed by atoms with Crippen molar-refractivity contribution in [3.05, 3.63) is 48.4 Å². The first kappa shape index (κ1) is 15.1. The number of aryl methyl sites for hydroxylation is 1. The summed E-state index contributed by atoms with van der Waals surface area (Å²) in [6.45, 7) is 0.406. The molecule has 4 nitrogen and oxygen atoms in total. The number of halogens is 3. The van der Waals surface area contributed by atoms with E-state index >= 15 is 0 Å². The molecule has 0 aliphatic heterocycles. The van der Waals surface area contributed by atoms with E-state index in [0.717, 1.165) is 5.56 Å². The molecule has 0 saturated heterocycles. The second-order valence-corrected chi connectivity index (χ2v) is 4.19. The highest BCUT2D eigenvalue weighted by molar-refractivity contribution is 5.28. The van der Waals surface area contributed by atoms with E-state index in [1.807, 2.05) is 0 Å². The number of rotatable bonds is 6. The van der Waals surface area contributed by atoms with Gasteiger partial charge in [0.2, 0.25) is 5.88 Å². The molecular formula is C14H13F3N2O2. The fourth-order valence-corrected chi connectivity index (χ4v) is 1.71. The lowest BCUT2D eigenvalue weighted by molar-refractivity contribution is -0.274. The van der Waals surface area contributed by atoms with Crippen LogP contribution in [-0.4, -0.2) is 22.9 Å². The van der Waals surface area contributed by atoms with Gasteiger partial charge in [-0.15, -0.1) is 13.2 Å². The molecule has 0 aliphatic carbocycles. The number of benzene rings is 1. The van der Waals surface area contributed by atoms with Gasteiger partial charge in [0.1, 0.15) is 5.75 Å². The molecule has 0 bridgehead atoms. The van der Waals surface area contributed by atoms with E-state index in [1.54, 1.807) is 12.3 Å². The summed E-state index contributed by atoms with van der Waals surface area (Å²) in [6.07, 6.45) is 1.11. The Morgan fingerprint density at radius 1 is 1.14 bits per heavy atom. The lowest BCUT2D eigenvalue weighted by atomic mass is 10.1. The third-order valence-electron chi connectivity index (χ3n) is 2.53. The molecule has 112 valence electrons. The van der Waals surface area contributed by atoms with E-state index in [9.17, 15) is 13.2 Å². The van der Waals surface area contributed by atoms with E-state index in [4.69, 9.17) is 4.74 Å². The highest BCUT2D eigenvalue weighted by Crippen LogP contribution is 2.23. The smallest absolute Gasteiger partial charge is 0.477 e. The Labute approximate surface area is 119 Å². The second kappa shape index (κ2) is 6.92. The van der Waals surface area contributed by atoms with Crippen molar-refractivity contribution < 1.29 is 22.6 Å². The van der Waals surface area contributed by atoms with E-state index in [1.165, 1.54) is 30.6 Å². The summed E-state index contributed by atoms with van der Waals surface area (Å²) in [5, 5.41) is 0. The van der Waals surface area contributed by atoms with Crippen LogP contribution in [0, 0.1) is 0 Å². The van der Waals surface area contributed by atoms with Gasteiger partial charge in [0.05, 0.1) is 12.8 Å². The normalized spacial score (nSPS) is 11.2. The van der Waals surface area contributed by atoms with Crippen LogP contribution in [0.4, 0.5) is 13.2 Å². The summed E-state index contributed by atoms with van der Waals surface area (Å²) >= 11 is 0. The third-order valence-corrected chi connectivity index (χ3v) is 2.53. The van der Waals surface area contributed by atoms with Crippen LogP contribution in [0.1, 0.15) is 12.0 Å². The number of hydrogen-bond acceptors (Lipinski definition) is 4. The van der Waals surface area contributed by atoms with Crippen LogP contribution in [0.5, 0.6) is 11.6 Å². The molecule has 0 amide bonds. The molecule has 0 radical (unpaired) electrons. The number of nitrogens with zero attached hydrogens (tertiary/aromatic N) is 2. The standard InChI is InChI=1S/C14H13F3N2O2/c15-14(16,17)21-12-5-1-3-11(9-12)4-2-8-20-13-10-18-6-7-19-13/h1,3,5-7,9-10H,2,4,8H2. The summed E-state index contributed by atoms with van der Waals surface area (Å²) in [5.41, 5.74) is 0.750. The summed E-state index contributed by atoms with van der Waals surface area (Å²) in [5.74, 6) is 0.210. The van der Waals surface area contributed by atoms with Gasteiger partial charge in [-0.2, -0.15) is 0 Å². The predicted molar refractivity (Wildman–Crippen MR) is 69.0 cm³/mol. The van der Waals surface area contributed by atoms with Crippen molar-refractivity contribution >= 4 is 0 Å². The van der Waals surface area contributed by atoms with Gasteiger partial charge in [-0.3, -0.25) is 4.98 Å². The number of aromatic nitrogens is 2. The zero-order valence-electron chi connectivity index (χ0n) is 11.0. The van der Waals surface area contributed by atoms with Gasteiger partial charge in [-0.25, -0.2) is 4.98 Å². The molecule has 0 fully saturated rings. The van der Waals surface area contributed by atoms with Crippen molar-refractivity contribution in [1.29, 1.82) is 0 Å². The topological polar surface area (TPSA) is 44.2 Å². The highest BCUT2D eigenvalue weighted by Gasteiger charge is 2.31. The largest absolute Gasteiger partial charge is 0.573 e. The molecule has 2 rings (SSSR count). The molecule has 2 aromatic rings. The first-order valence-electron chi connectivity index (χ1n) is 6.26. The minimum absolute atomic E-state index is 0.213. The minimum Gasteiger partial charge on any atom is -0.477 e. The Hall–Kier alpha value is -2.31. The van der Waals surface area contributed by atoms with Crippen LogP contribution in [0.2, 0.25) is 0 Å². The summed E-state index contributed by atoms with van der Waals surface area (Å²) in [4.78, 5) is 7.80. The zero-order valence-corrected chi connectivity index (χ0v) is 11.0. The first-order chi connectivity index (χ1) is 10.0. The van der Waals surface area contributed by atoms with Crippen LogP contribution >= 0.6 is 0 Å². The molecule has 7 heteroatoms. The molecule has 1 heterocycles. The Balaban J connectivity index is 1.79. The summed E-state index contributed by atoms with van der Waals surface area (Å²) in [7, 11) is 0. The maximum Gasteiger partial charge on any atom is 0.573 e. The Bertz CT molecular complexity index is 562. The lowest BCUT2D eigenvalue weighted by Crippen LogP contribution is -2.17. The van der Waals surface area contributed by atoms with E-state index in [0.29, 0.717) is 25.3 Å². The predicted octanol–water partition coefficient (Wildman–Crippen LogP) is 3.39. The van der Waals surface area contributed by atoms with Gasteiger partial charge in [-0.1, -0.05) is 12.1 Å². The molecule has 0 spiro atoms. The fraction of sp³-hybridized carbons (Fsp3) is 0.286. The molecule has 0 unspecified atom stereocenters. The van der Waals surface area contributed by atoms with Gasteiger partial charge < -0.3 is 9.47 Å². The number of hydrogen-bond donors (Lipinski definition) is 0. The number of ether oxygens (including phenoxy) is 2. The van der Waals surface area contributed by atoms with Crippen LogP contribution < -0.4 is 9.47 Å². The lowest BCUT2D eigenvalue weighted by Gasteiger charge is -2.10. The quantitative estimate of drug-likeness (QED) is 0.767. The van der Waals surface area contributed by atoms with Gasteiger partial charge in [0, 0.05) is 12.4 Å². The van der Waals surface area contributed by atoms with Gasteiger partial charge in [0.15, 0.2) is 0 Å². The molecule has 0 atom stereocenters. The average molecular weight is 298 g/mol. The first-order valence-corrected chi connectivity index (χ1v) is 6.26. The summed E-state index contributed by atoms with van der Waals surface area (Å²) in [6, 6.07) is 5.91. The average Bonchev–Trinajstić information content (AvgIpc) is 2.43. The third kappa shape index (κ3) is 5.68. The van der Waals surface area contributed by atoms with Crippen molar-refractivity contribution in [3.63, 3.8) is 0 Å². The maximum absolute atomic E-state index is 12.1. The maximum atomic E-state index is 12.1. The van der Waals surface area contributed by atoms with E-state index in [-0.39, 0.29) is 5.75 Å². The highest BCUT2D eigenvalue weighted by atomic mass is 19.4. The molecule has 0 saturated carbocycles. The zero-order chi connectivity index (χ0) is 15.1. The molecule has 1 aromatic heterocycles. The molecular weight excluding hydrogens is 285 g/mol. The van der Waals surface area contributed by atoms with Crippen LogP contribution in [-0.2, 0) is 6.42 Å². The van der Waals surface area contributed by atoms with Gasteiger partial charge in [-0.05, 0) is 30.5 Å². The SMILES string of the molecule is FC(F)(F)Oc1cccc(CCCOc2cnccn2)c1. The van der Waals surface area contributed by atoms with Crippen LogP contribution in [0.25, 0.3) is 0 Å². The molecule has 21 heavy (non-hydrogen) atoms. The molecule has 0 N–H and O–H groups in total. The van der Waals surface area contributed by atoms with Crippen LogP contribution in [0.15, 0.2) is 42.9 Å².